The Morgan fingerprint density at radius 2 is 1.28 bits per heavy atom. The van der Waals surface area contributed by atoms with E-state index in [0.717, 1.165) is 19.3 Å². The first-order valence-corrected chi connectivity index (χ1v) is 16.2. The fraction of sp³-hybridized carbons (Fsp3) is 0.963. The number of carbonyl (C=O) groups excluding carboxylic acids is 1. The van der Waals surface area contributed by atoms with Crippen molar-refractivity contribution in [3.8, 4) is 0 Å². The van der Waals surface area contributed by atoms with Crippen molar-refractivity contribution in [2.45, 2.75) is 147 Å². The Morgan fingerprint density at radius 3 is 1.77 bits per heavy atom. The van der Waals surface area contributed by atoms with Crippen LogP contribution < -0.4 is 0 Å². The quantitative estimate of drug-likeness (QED) is 0.0788. The zero-order chi connectivity index (χ0) is 29.1. The third-order valence-corrected chi connectivity index (χ3v) is 7.64. The molecule has 4 N–H and O–H groups in total. The number of esters is 1. The van der Waals surface area contributed by atoms with Crippen LogP contribution in [0.3, 0.4) is 0 Å². The van der Waals surface area contributed by atoms with E-state index >= 15 is 0 Å². The Hall–Kier alpha value is -0.890. The number of aliphatic hydroxyl groups excluding tert-OH is 3. The molecule has 0 bridgehead atoms. The van der Waals surface area contributed by atoms with Crippen LogP contribution >= 0.6 is 0 Å². The zero-order valence-corrected chi connectivity index (χ0v) is 24.2. The van der Waals surface area contributed by atoms with Gasteiger partial charge in [0, 0.05) is 6.42 Å². The predicted molar refractivity (Wildman–Crippen MR) is 144 cm³/mol. The molecule has 12 heteroatoms. The number of aliphatic hydroxyl groups is 3. The highest BCUT2D eigenvalue weighted by Crippen LogP contribution is 2.23. The summed E-state index contributed by atoms with van der Waals surface area (Å²) in [6, 6.07) is 0. The second kappa shape index (κ2) is 20.9. The molecule has 0 saturated carbocycles. The molecule has 1 rings (SSSR count). The van der Waals surface area contributed by atoms with Crippen LogP contribution in [0.2, 0.25) is 0 Å². The molecule has 1 saturated heterocycles. The highest BCUT2D eigenvalue weighted by molar-refractivity contribution is 7.85. The van der Waals surface area contributed by atoms with Crippen molar-refractivity contribution < 1.29 is 51.7 Å². The van der Waals surface area contributed by atoms with Crippen molar-refractivity contribution in [1.29, 1.82) is 0 Å². The monoisotopic (exact) mass is 585 g/mol. The van der Waals surface area contributed by atoms with Crippen LogP contribution in [0.25, 0.3) is 0 Å². The van der Waals surface area contributed by atoms with E-state index in [9.17, 15) is 32.9 Å². The van der Waals surface area contributed by atoms with Gasteiger partial charge in [0.1, 0.15) is 36.8 Å². The van der Waals surface area contributed by atoms with E-state index in [2.05, 4.69) is 6.92 Å². The Kier molecular flexibility index (Phi) is 19.4. The Labute approximate surface area is 233 Å². The number of alkyl halides is 1. The molecular weight excluding hydrogens is 534 g/mol. The molecule has 1 unspecified atom stereocenters. The molecule has 232 valence electrons. The lowest BCUT2D eigenvalue weighted by Gasteiger charge is -2.39. The second-order valence-corrected chi connectivity index (χ2v) is 12.1. The van der Waals surface area contributed by atoms with Gasteiger partial charge in [-0.2, -0.15) is 8.42 Å². The standard InChI is InChI=1S/C27H51FO10S/c1-2-3-4-5-6-7-8-9-10-11-12-13-14-15-16-17-23(29)36-18-21(28)19-37-27-26(32)25(31)24(30)22(38-27)20-39(33,34)35/h21-22,24-27,30-32H,2-20H2,1H3,(H,33,34,35)/t21?,22-,24-,25+,26-,27+/m1/s1/i28-1. The van der Waals surface area contributed by atoms with Gasteiger partial charge in [0.2, 0.25) is 0 Å². The van der Waals surface area contributed by atoms with Crippen LogP contribution in [0.1, 0.15) is 110 Å². The molecule has 0 radical (unpaired) electrons. The average molecular weight is 586 g/mol. The van der Waals surface area contributed by atoms with Crippen molar-refractivity contribution in [2.24, 2.45) is 0 Å². The molecular formula is C27H51FO10S. The fourth-order valence-corrected chi connectivity index (χ4v) is 5.23. The van der Waals surface area contributed by atoms with Crippen LogP contribution in [0.4, 0.5) is 4.39 Å². The number of unbranched alkanes of at least 4 members (excludes halogenated alkanes) is 14. The first-order valence-electron chi connectivity index (χ1n) is 14.6. The molecule has 10 nitrogen and oxygen atoms in total. The van der Waals surface area contributed by atoms with Crippen LogP contribution in [0.15, 0.2) is 0 Å². The molecule has 6 atom stereocenters. The topological polar surface area (TPSA) is 160 Å². The summed E-state index contributed by atoms with van der Waals surface area (Å²) in [4.78, 5) is 11.9. The van der Waals surface area contributed by atoms with Gasteiger partial charge < -0.3 is 29.5 Å². The summed E-state index contributed by atoms with van der Waals surface area (Å²) < 4.78 is 60.2. The van der Waals surface area contributed by atoms with Gasteiger partial charge in [0.05, 0.1) is 6.61 Å². The van der Waals surface area contributed by atoms with Gasteiger partial charge in [-0.25, -0.2) is 4.39 Å². The number of rotatable bonds is 23. The molecule has 0 amide bonds. The van der Waals surface area contributed by atoms with E-state index in [1.807, 2.05) is 0 Å². The molecule has 1 aliphatic heterocycles. The lowest BCUT2D eigenvalue weighted by molar-refractivity contribution is -0.295. The molecule has 1 aliphatic rings. The summed E-state index contributed by atoms with van der Waals surface area (Å²) >= 11 is 0. The van der Waals surface area contributed by atoms with E-state index in [-0.39, 0.29) is 6.42 Å². The Morgan fingerprint density at radius 1 is 0.795 bits per heavy atom. The number of ether oxygens (including phenoxy) is 3. The molecule has 1 heterocycles. The van der Waals surface area contributed by atoms with E-state index < -0.39 is 71.9 Å². The summed E-state index contributed by atoms with van der Waals surface area (Å²) in [6.45, 7) is 0.996. The van der Waals surface area contributed by atoms with Crippen molar-refractivity contribution in [1.82, 2.24) is 0 Å². The Balaban J connectivity index is 2.05. The zero-order valence-electron chi connectivity index (χ0n) is 23.4. The van der Waals surface area contributed by atoms with Gasteiger partial charge in [-0.05, 0) is 6.42 Å². The summed E-state index contributed by atoms with van der Waals surface area (Å²) in [5, 5.41) is 29.6. The van der Waals surface area contributed by atoms with Crippen molar-refractivity contribution in [3.63, 3.8) is 0 Å². The molecule has 0 aromatic heterocycles. The number of halogens is 1. The SMILES string of the molecule is CCCCCCCCCCCCCCCCCC(=O)OCC([18F])CO[C@H]1O[C@H](CS(=O)(=O)O)[C@@H](O)[C@H](O)[C@H]1O. The highest BCUT2D eigenvalue weighted by Gasteiger charge is 2.45. The van der Waals surface area contributed by atoms with Crippen molar-refractivity contribution in [2.75, 3.05) is 19.0 Å². The summed E-state index contributed by atoms with van der Waals surface area (Å²) in [5.74, 6) is -1.57. The number of hydrogen-bond donors (Lipinski definition) is 4. The van der Waals surface area contributed by atoms with E-state index in [1.165, 1.54) is 70.6 Å². The van der Waals surface area contributed by atoms with Gasteiger partial charge in [0.15, 0.2) is 12.5 Å². The van der Waals surface area contributed by atoms with Crippen LogP contribution in [0.5, 0.6) is 0 Å². The number of hydrogen-bond acceptors (Lipinski definition) is 9. The second-order valence-electron chi connectivity index (χ2n) is 10.6. The largest absolute Gasteiger partial charge is 0.462 e. The maximum atomic E-state index is 14.1. The molecule has 0 aromatic rings. The lowest BCUT2D eigenvalue weighted by Crippen LogP contribution is -2.60. The van der Waals surface area contributed by atoms with Crippen molar-refractivity contribution in [3.05, 3.63) is 0 Å². The fourth-order valence-electron chi connectivity index (χ4n) is 4.54. The summed E-state index contributed by atoms with van der Waals surface area (Å²) in [7, 11) is -4.56. The van der Waals surface area contributed by atoms with Gasteiger partial charge in [-0.3, -0.25) is 9.35 Å². The number of carbonyl (C=O) groups is 1. The third kappa shape index (κ3) is 17.5. The maximum Gasteiger partial charge on any atom is 0.305 e. The first kappa shape index (κ1) is 36.1. The van der Waals surface area contributed by atoms with Crippen molar-refractivity contribution >= 4 is 16.1 Å². The minimum atomic E-state index is -4.56. The molecule has 0 aromatic carbocycles. The first-order chi connectivity index (χ1) is 18.5. The van der Waals surface area contributed by atoms with Crippen LogP contribution in [-0.2, 0) is 29.1 Å². The van der Waals surface area contributed by atoms with Gasteiger partial charge in [-0.1, -0.05) is 96.8 Å². The molecule has 0 spiro atoms. The van der Waals surface area contributed by atoms with E-state index in [0.29, 0.717) is 6.42 Å². The van der Waals surface area contributed by atoms with Gasteiger partial charge in [-0.15, -0.1) is 0 Å². The Bertz CT molecular complexity index is 738. The minimum absolute atomic E-state index is 0.192. The normalized spacial score (nSPS) is 24.5. The summed E-state index contributed by atoms with van der Waals surface area (Å²) in [6.07, 6.45) is 8.04. The maximum absolute atomic E-state index is 14.1. The summed E-state index contributed by atoms with van der Waals surface area (Å²) in [5.41, 5.74) is 0. The van der Waals surface area contributed by atoms with Gasteiger partial charge >= 0.3 is 5.97 Å². The average Bonchev–Trinajstić information content (AvgIpc) is 2.88. The minimum Gasteiger partial charge on any atom is -0.462 e. The lowest BCUT2D eigenvalue weighted by atomic mass is 10.00. The van der Waals surface area contributed by atoms with E-state index in [4.69, 9.17) is 18.8 Å². The van der Waals surface area contributed by atoms with Gasteiger partial charge in [0.25, 0.3) is 10.1 Å². The molecule has 39 heavy (non-hydrogen) atoms. The predicted octanol–water partition coefficient (Wildman–Crippen LogP) is 3.84. The third-order valence-electron chi connectivity index (χ3n) is 6.89. The van der Waals surface area contributed by atoms with Crippen LogP contribution in [-0.4, -0.2) is 90.1 Å². The van der Waals surface area contributed by atoms with Crippen LogP contribution in [0, 0.1) is 0 Å². The molecule has 0 aliphatic carbocycles. The highest BCUT2D eigenvalue weighted by atomic mass is 32.2. The van der Waals surface area contributed by atoms with E-state index in [1.54, 1.807) is 0 Å². The smallest absolute Gasteiger partial charge is 0.305 e. The molecule has 1 fully saturated rings.